The molecule has 4 aromatic rings. The average Bonchev–Trinajstić information content (AvgIpc) is 3.15. The number of nitrogens with one attached hydrogen (secondary N) is 2. The number of aromatic nitrogens is 2. The van der Waals surface area contributed by atoms with Gasteiger partial charge in [0.15, 0.2) is 5.82 Å². The first-order valence-corrected chi connectivity index (χ1v) is 8.96. The van der Waals surface area contributed by atoms with Gasteiger partial charge in [-0.15, -0.1) is 0 Å². The SMILES string of the molecule is Cc1cc(Nc2cc(C(=O)Nc3ccc(Oc4ccccc4)cc3)ccn2)no1. The Kier molecular flexibility index (Phi) is 5.20. The van der Waals surface area contributed by atoms with Gasteiger partial charge in [0.25, 0.3) is 5.91 Å². The fraction of sp³-hybridized carbons (Fsp3) is 0.0455. The van der Waals surface area contributed by atoms with Crippen LogP contribution in [0.15, 0.2) is 83.5 Å². The number of rotatable bonds is 6. The zero-order chi connectivity index (χ0) is 20.1. The van der Waals surface area contributed by atoms with Gasteiger partial charge in [-0.25, -0.2) is 4.98 Å². The highest BCUT2D eigenvalue weighted by molar-refractivity contribution is 6.04. The number of hydrogen-bond acceptors (Lipinski definition) is 6. The van der Waals surface area contributed by atoms with Gasteiger partial charge in [-0.1, -0.05) is 23.4 Å². The van der Waals surface area contributed by atoms with Gasteiger partial charge in [0.05, 0.1) is 0 Å². The summed E-state index contributed by atoms with van der Waals surface area (Å²) < 4.78 is 10.8. The monoisotopic (exact) mass is 386 g/mol. The Hall–Kier alpha value is -4.13. The van der Waals surface area contributed by atoms with Crippen LogP contribution in [0.1, 0.15) is 16.1 Å². The van der Waals surface area contributed by atoms with E-state index in [0.29, 0.717) is 34.4 Å². The molecule has 2 aromatic heterocycles. The second kappa shape index (κ2) is 8.26. The molecule has 0 saturated carbocycles. The fourth-order valence-corrected chi connectivity index (χ4v) is 2.63. The first-order valence-electron chi connectivity index (χ1n) is 8.96. The van der Waals surface area contributed by atoms with Gasteiger partial charge in [-0.3, -0.25) is 4.79 Å². The van der Waals surface area contributed by atoms with Crippen LogP contribution in [0.3, 0.4) is 0 Å². The Morgan fingerprint density at radius 1 is 0.931 bits per heavy atom. The topological polar surface area (TPSA) is 89.3 Å². The number of aryl methyl sites for hydroxylation is 1. The molecule has 0 spiro atoms. The van der Waals surface area contributed by atoms with Crippen LogP contribution >= 0.6 is 0 Å². The van der Waals surface area contributed by atoms with E-state index in [1.807, 2.05) is 30.3 Å². The van der Waals surface area contributed by atoms with Gasteiger partial charge >= 0.3 is 0 Å². The summed E-state index contributed by atoms with van der Waals surface area (Å²) in [6.45, 7) is 1.80. The molecule has 7 nitrogen and oxygen atoms in total. The van der Waals surface area contributed by atoms with Crippen LogP contribution in [0.4, 0.5) is 17.3 Å². The first-order chi connectivity index (χ1) is 14.2. The number of benzene rings is 2. The maximum atomic E-state index is 12.6. The van der Waals surface area contributed by atoms with Crippen molar-refractivity contribution >= 4 is 23.2 Å². The highest BCUT2D eigenvalue weighted by atomic mass is 16.5. The molecule has 0 radical (unpaired) electrons. The van der Waals surface area contributed by atoms with Gasteiger partial charge < -0.3 is 19.9 Å². The van der Waals surface area contributed by atoms with Crippen molar-refractivity contribution in [2.24, 2.45) is 0 Å². The summed E-state index contributed by atoms with van der Waals surface area (Å²) in [6, 6.07) is 21.7. The summed E-state index contributed by atoms with van der Waals surface area (Å²) in [5.74, 6) is 2.90. The highest BCUT2D eigenvalue weighted by Crippen LogP contribution is 2.23. The third-order valence-electron chi connectivity index (χ3n) is 4.00. The number of hydrogen-bond donors (Lipinski definition) is 2. The van der Waals surface area contributed by atoms with Crippen LogP contribution in [-0.4, -0.2) is 16.0 Å². The standard InChI is InChI=1S/C22H18N4O3/c1-15-13-21(26-29-15)25-20-14-16(11-12-23-20)22(27)24-17-7-9-19(10-8-17)28-18-5-3-2-4-6-18/h2-14H,1H3,(H,24,27)(H,23,25,26). The molecule has 0 saturated heterocycles. The Morgan fingerprint density at radius 2 is 1.69 bits per heavy atom. The van der Waals surface area contributed by atoms with E-state index >= 15 is 0 Å². The van der Waals surface area contributed by atoms with Crippen molar-refractivity contribution in [3.8, 4) is 11.5 Å². The summed E-state index contributed by atoms with van der Waals surface area (Å²) in [4.78, 5) is 16.8. The van der Waals surface area contributed by atoms with E-state index in [9.17, 15) is 4.79 Å². The van der Waals surface area contributed by atoms with Crippen LogP contribution in [0.5, 0.6) is 11.5 Å². The van der Waals surface area contributed by atoms with E-state index in [4.69, 9.17) is 9.26 Å². The molecule has 0 aliphatic carbocycles. The lowest BCUT2D eigenvalue weighted by Gasteiger charge is -2.09. The number of pyridine rings is 1. The van der Waals surface area contributed by atoms with Gasteiger partial charge in [0, 0.05) is 23.5 Å². The molecule has 0 bridgehead atoms. The molecular formula is C22H18N4O3. The zero-order valence-corrected chi connectivity index (χ0v) is 15.6. The second-order valence-corrected chi connectivity index (χ2v) is 6.27. The molecule has 0 aliphatic heterocycles. The van der Waals surface area contributed by atoms with Crippen LogP contribution < -0.4 is 15.4 Å². The molecule has 0 fully saturated rings. The molecule has 29 heavy (non-hydrogen) atoms. The molecule has 1 amide bonds. The summed E-state index contributed by atoms with van der Waals surface area (Å²) >= 11 is 0. The second-order valence-electron chi connectivity index (χ2n) is 6.27. The average molecular weight is 386 g/mol. The minimum Gasteiger partial charge on any atom is -0.457 e. The van der Waals surface area contributed by atoms with E-state index in [2.05, 4.69) is 20.8 Å². The number of ether oxygens (including phenoxy) is 1. The Balaban J connectivity index is 1.40. The van der Waals surface area contributed by atoms with Crippen molar-refractivity contribution in [2.75, 3.05) is 10.6 Å². The quantitative estimate of drug-likeness (QED) is 0.475. The van der Waals surface area contributed by atoms with Crippen LogP contribution in [0, 0.1) is 6.92 Å². The van der Waals surface area contributed by atoms with Gasteiger partial charge in [-0.05, 0) is 55.5 Å². The fourth-order valence-electron chi connectivity index (χ4n) is 2.63. The van der Waals surface area contributed by atoms with Crippen molar-refractivity contribution in [1.29, 1.82) is 0 Å². The minimum atomic E-state index is -0.247. The van der Waals surface area contributed by atoms with Gasteiger partial charge in [0.1, 0.15) is 23.1 Å². The maximum Gasteiger partial charge on any atom is 0.255 e. The van der Waals surface area contributed by atoms with Crippen molar-refractivity contribution in [3.63, 3.8) is 0 Å². The first kappa shape index (κ1) is 18.2. The Labute approximate surface area is 167 Å². The number of amides is 1. The Morgan fingerprint density at radius 3 is 2.41 bits per heavy atom. The van der Waals surface area contributed by atoms with E-state index in [0.717, 1.165) is 5.75 Å². The molecule has 4 rings (SSSR count). The van der Waals surface area contributed by atoms with E-state index in [1.54, 1.807) is 55.6 Å². The molecular weight excluding hydrogens is 368 g/mol. The molecule has 2 heterocycles. The van der Waals surface area contributed by atoms with Gasteiger partial charge in [-0.2, -0.15) is 0 Å². The predicted octanol–water partition coefficient (Wildman–Crippen LogP) is 5.17. The Bertz CT molecular complexity index is 1110. The van der Waals surface area contributed by atoms with Crippen LogP contribution in [0.2, 0.25) is 0 Å². The number of nitrogens with zero attached hydrogens (tertiary/aromatic N) is 2. The van der Waals surface area contributed by atoms with E-state index in [1.165, 1.54) is 0 Å². The van der Waals surface area contributed by atoms with Crippen LogP contribution in [0.25, 0.3) is 0 Å². The zero-order valence-electron chi connectivity index (χ0n) is 15.6. The minimum absolute atomic E-state index is 0.247. The third kappa shape index (κ3) is 4.78. The van der Waals surface area contributed by atoms with E-state index < -0.39 is 0 Å². The van der Waals surface area contributed by atoms with Crippen molar-refractivity contribution in [3.05, 3.63) is 90.3 Å². The number of carbonyl (C=O) groups excluding carboxylic acids is 1. The number of carbonyl (C=O) groups is 1. The van der Waals surface area contributed by atoms with Crippen LogP contribution in [-0.2, 0) is 0 Å². The summed E-state index contributed by atoms with van der Waals surface area (Å²) in [7, 11) is 0. The maximum absolute atomic E-state index is 12.6. The molecule has 144 valence electrons. The molecule has 7 heteroatoms. The van der Waals surface area contributed by atoms with E-state index in [-0.39, 0.29) is 5.91 Å². The lowest BCUT2D eigenvalue weighted by atomic mass is 10.2. The third-order valence-corrected chi connectivity index (χ3v) is 4.00. The lowest BCUT2D eigenvalue weighted by Crippen LogP contribution is -2.12. The highest BCUT2D eigenvalue weighted by Gasteiger charge is 2.09. The smallest absolute Gasteiger partial charge is 0.255 e. The van der Waals surface area contributed by atoms with Gasteiger partial charge in [0.2, 0.25) is 0 Å². The number of anilines is 3. The molecule has 2 aromatic carbocycles. The molecule has 0 aliphatic rings. The number of para-hydroxylation sites is 1. The largest absolute Gasteiger partial charge is 0.457 e. The predicted molar refractivity (Wildman–Crippen MR) is 110 cm³/mol. The normalized spacial score (nSPS) is 10.4. The molecule has 0 unspecified atom stereocenters. The summed E-state index contributed by atoms with van der Waals surface area (Å²) in [6.07, 6.45) is 1.56. The van der Waals surface area contributed by atoms with Crippen molar-refractivity contribution in [1.82, 2.24) is 10.1 Å². The molecule has 2 N–H and O–H groups in total. The van der Waals surface area contributed by atoms with Crippen molar-refractivity contribution in [2.45, 2.75) is 6.92 Å². The van der Waals surface area contributed by atoms with Crippen molar-refractivity contribution < 1.29 is 14.1 Å². The summed E-state index contributed by atoms with van der Waals surface area (Å²) in [5.41, 5.74) is 1.13. The lowest BCUT2D eigenvalue weighted by molar-refractivity contribution is 0.102. The summed E-state index contributed by atoms with van der Waals surface area (Å²) in [5, 5.41) is 9.72. The molecule has 0 atom stereocenters.